The molecule has 0 aliphatic heterocycles. The summed E-state index contributed by atoms with van der Waals surface area (Å²) in [6.45, 7) is 9.88. The Morgan fingerprint density at radius 1 is 1.41 bits per heavy atom. The Hall–Kier alpha value is -0.350. The minimum atomic E-state index is 0.644. The summed E-state index contributed by atoms with van der Waals surface area (Å²) in [5.41, 5.74) is 1.33. The molecule has 0 bridgehead atoms. The van der Waals surface area contributed by atoms with Gasteiger partial charge in [-0.1, -0.05) is 20.8 Å². The SMILES string of the molecule is CCCNCC(C)Cc1c(Br)cnn1CCC. The Balaban J connectivity index is 2.51. The van der Waals surface area contributed by atoms with Crippen molar-refractivity contribution in [3.63, 3.8) is 0 Å². The van der Waals surface area contributed by atoms with Gasteiger partial charge in [0.15, 0.2) is 0 Å². The van der Waals surface area contributed by atoms with E-state index in [4.69, 9.17) is 0 Å². The molecule has 3 nitrogen and oxygen atoms in total. The van der Waals surface area contributed by atoms with E-state index < -0.39 is 0 Å². The smallest absolute Gasteiger partial charge is 0.0635 e. The molecule has 0 fully saturated rings. The lowest BCUT2D eigenvalue weighted by Crippen LogP contribution is -2.24. The van der Waals surface area contributed by atoms with Gasteiger partial charge in [-0.3, -0.25) is 4.68 Å². The van der Waals surface area contributed by atoms with Crippen molar-refractivity contribution in [2.45, 2.75) is 46.6 Å². The highest BCUT2D eigenvalue weighted by molar-refractivity contribution is 9.10. The van der Waals surface area contributed by atoms with Crippen LogP contribution in [0.5, 0.6) is 0 Å². The predicted octanol–water partition coefficient (Wildman–Crippen LogP) is 3.23. The average Bonchev–Trinajstić information content (AvgIpc) is 2.62. The highest BCUT2D eigenvalue weighted by atomic mass is 79.9. The molecule has 4 heteroatoms. The normalized spacial score (nSPS) is 12.9. The molecule has 98 valence electrons. The molecule has 1 rings (SSSR count). The van der Waals surface area contributed by atoms with Gasteiger partial charge >= 0.3 is 0 Å². The maximum atomic E-state index is 4.40. The molecular formula is C13H24BrN3. The first kappa shape index (κ1) is 14.7. The molecule has 0 spiro atoms. The van der Waals surface area contributed by atoms with Gasteiger partial charge in [0.25, 0.3) is 0 Å². The lowest BCUT2D eigenvalue weighted by molar-refractivity contribution is 0.480. The predicted molar refractivity (Wildman–Crippen MR) is 76.2 cm³/mol. The van der Waals surface area contributed by atoms with Crippen LogP contribution < -0.4 is 5.32 Å². The summed E-state index contributed by atoms with van der Waals surface area (Å²) in [5.74, 6) is 0.644. The van der Waals surface area contributed by atoms with E-state index in [9.17, 15) is 0 Å². The van der Waals surface area contributed by atoms with Crippen molar-refractivity contribution in [1.29, 1.82) is 0 Å². The van der Waals surface area contributed by atoms with Crippen molar-refractivity contribution in [3.8, 4) is 0 Å². The molecule has 1 heterocycles. The largest absolute Gasteiger partial charge is 0.316 e. The van der Waals surface area contributed by atoms with E-state index in [0.29, 0.717) is 5.92 Å². The Morgan fingerprint density at radius 2 is 2.18 bits per heavy atom. The minimum absolute atomic E-state index is 0.644. The maximum Gasteiger partial charge on any atom is 0.0635 e. The van der Waals surface area contributed by atoms with Gasteiger partial charge < -0.3 is 5.32 Å². The standard InChI is InChI=1S/C13H24BrN3/c1-4-6-15-9-11(3)8-13-12(14)10-16-17(13)7-5-2/h10-11,15H,4-9H2,1-3H3. The topological polar surface area (TPSA) is 29.9 Å². The van der Waals surface area contributed by atoms with E-state index in [1.807, 2.05) is 6.20 Å². The second kappa shape index (κ2) is 7.88. The van der Waals surface area contributed by atoms with Crippen molar-refractivity contribution >= 4 is 15.9 Å². The molecule has 1 aromatic heterocycles. The Morgan fingerprint density at radius 3 is 2.82 bits per heavy atom. The van der Waals surface area contributed by atoms with Gasteiger partial charge in [0.2, 0.25) is 0 Å². The molecule has 0 radical (unpaired) electrons. The zero-order chi connectivity index (χ0) is 12.7. The summed E-state index contributed by atoms with van der Waals surface area (Å²) in [5, 5.41) is 7.88. The fraction of sp³-hybridized carbons (Fsp3) is 0.769. The van der Waals surface area contributed by atoms with Crippen LogP contribution in [0.15, 0.2) is 10.7 Å². The molecule has 1 aromatic rings. The van der Waals surface area contributed by atoms with Gasteiger partial charge in [0, 0.05) is 6.54 Å². The molecule has 0 amide bonds. The summed E-state index contributed by atoms with van der Waals surface area (Å²) in [4.78, 5) is 0. The summed E-state index contributed by atoms with van der Waals surface area (Å²) in [6.07, 6.45) is 5.32. The van der Waals surface area contributed by atoms with Gasteiger partial charge in [-0.2, -0.15) is 5.10 Å². The van der Waals surface area contributed by atoms with Crippen LogP contribution in [-0.4, -0.2) is 22.9 Å². The first-order valence-corrected chi connectivity index (χ1v) is 7.39. The van der Waals surface area contributed by atoms with E-state index in [-0.39, 0.29) is 0 Å². The lowest BCUT2D eigenvalue weighted by Gasteiger charge is -2.14. The van der Waals surface area contributed by atoms with Crippen LogP contribution in [0.25, 0.3) is 0 Å². The molecule has 17 heavy (non-hydrogen) atoms. The van der Waals surface area contributed by atoms with Crippen molar-refractivity contribution in [3.05, 3.63) is 16.4 Å². The van der Waals surface area contributed by atoms with Crippen molar-refractivity contribution < 1.29 is 0 Å². The molecule has 0 aliphatic rings. The summed E-state index contributed by atoms with van der Waals surface area (Å²) in [7, 11) is 0. The fourth-order valence-electron chi connectivity index (χ4n) is 1.92. The molecule has 0 saturated heterocycles. The average molecular weight is 302 g/mol. The second-order valence-electron chi connectivity index (χ2n) is 4.68. The number of hydrogen-bond acceptors (Lipinski definition) is 2. The Kier molecular flexibility index (Phi) is 6.82. The van der Waals surface area contributed by atoms with Crippen LogP contribution in [0.1, 0.15) is 39.3 Å². The molecule has 1 atom stereocenters. The third kappa shape index (κ3) is 4.80. The number of aryl methyl sites for hydroxylation is 1. The van der Waals surface area contributed by atoms with E-state index in [1.54, 1.807) is 0 Å². The van der Waals surface area contributed by atoms with E-state index in [1.165, 1.54) is 12.1 Å². The molecule has 0 aliphatic carbocycles. The zero-order valence-electron chi connectivity index (χ0n) is 11.2. The monoisotopic (exact) mass is 301 g/mol. The van der Waals surface area contributed by atoms with E-state index in [0.717, 1.165) is 36.9 Å². The first-order chi connectivity index (χ1) is 8.19. The third-order valence-electron chi connectivity index (χ3n) is 2.79. The third-order valence-corrected chi connectivity index (χ3v) is 3.46. The second-order valence-corrected chi connectivity index (χ2v) is 5.53. The van der Waals surface area contributed by atoms with Crippen LogP contribution in [-0.2, 0) is 13.0 Å². The van der Waals surface area contributed by atoms with Crippen LogP contribution in [0, 0.1) is 5.92 Å². The van der Waals surface area contributed by atoms with Crippen molar-refractivity contribution in [1.82, 2.24) is 15.1 Å². The first-order valence-electron chi connectivity index (χ1n) is 6.59. The van der Waals surface area contributed by atoms with Crippen molar-refractivity contribution in [2.75, 3.05) is 13.1 Å². The highest BCUT2D eigenvalue weighted by Gasteiger charge is 2.12. The number of rotatable bonds is 8. The molecule has 1 unspecified atom stereocenters. The number of nitrogens with zero attached hydrogens (tertiary/aromatic N) is 2. The zero-order valence-corrected chi connectivity index (χ0v) is 12.8. The lowest BCUT2D eigenvalue weighted by atomic mass is 10.1. The number of nitrogens with one attached hydrogen (secondary N) is 1. The van der Waals surface area contributed by atoms with Gasteiger partial charge in [-0.05, 0) is 54.2 Å². The molecule has 0 aromatic carbocycles. The van der Waals surface area contributed by atoms with Crippen LogP contribution in [0.4, 0.5) is 0 Å². The van der Waals surface area contributed by atoms with Gasteiger partial charge in [-0.25, -0.2) is 0 Å². The van der Waals surface area contributed by atoms with Crippen LogP contribution in [0.2, 0.25) is 0 Å². The van der Waals surface area contributed by atoms with Gasteiger partial charge in [-0.15, -0.1) is 0 Å². The summed E-state index contributed by atoms with van der Waals surface area (Å²) in [6, 6.07) is 0. The molecular weight excluding hydrogens is 278 g/mol. The van der Waals surface area contributed by atoms with Crippen LogP contribution in [0.3, 0.4) is 0 Å². The van der Waals surface area contributed by atoms with Gasteiger partial charge in [0.05, 0.1) is 16.4 Å². The number of halogens is 1. The maximum absolute atomic E-state index is 4.40. The number of hydrogen-bond donors (Lipinski definition) is 1. The van der Waals surface area contributed by atoms with Crippen LogP contribution >= 0.6 is 15.9 Å². The summed E-state index contributed by atoms with van der Waals surface area (Å²) < 4.78 is 3.27. The number of aromatic nitrogens is 2. The molecule has 1 N–H and O–H groups in total. The quantitative estimate of drug-likeness (QED) is 0.747. The molecule has 0 saturated carbocycles. The Bertz CT molecular complexity index is 322. The fourth-order valence-corrected chi connectivity index (χ4v) is 2.38. The van der Waals surface area contributed by atoms with Crippen molar-refractivity contribution in [2.24, 2.45) is 5.92 Å². The minimum Gasteiger partial charge on any atom is -0.316 e. The van der Waals surface area contributed by atoms with E-state index in [2.05, 4.69) is 51.8 Å². The van der Waals surface area contributed by atoms with E-state index >= 15 is 0 Å². The highest BCUT2D eigenvalue weighted by Crippen LogP contribution is 2.19. The Labute approximate surface area is 113 Å². The summed E-state index contributed by atoms with van der Waals surface area (Å²) >= 11 is 3.59. The van der Waals surface area contributed by atoms with Gasteiger partial charge in [0.1, 0.15) is 0 Å².